The van der Waals surface area contributed by atoms with Gasteiger partial charge >= 0.3 is 0 Å². The van der Waals surface area contributed by atoms with E-state index in [1.165, 1.54) is 49.7 Å². The topological polar surface area (TPSA) is 35.1 Å². The smallest absolute Gasteiger partial charge is 0.146 e. The number of para-hydroxylation sites is 4. The fourth-order valence-corrected chi connectivity index (χ4v) is 7.18. The Morgan fingerprint density at radius 1 is 0.537 bits per heavy atom. The summed E-state index contributed by atoms with van der Waals surface area (Å²) in [5.41, 5.74) is 14.2. The van der Waals surface area contributed by atoms with E-state index in [1.54, 1.807) is 0 Å². The van der Waals surface area contributed by atoms with Crippen LogP contribution < -0.4 is 0 Å². The second-order valence-electron chi connectivity index (χ2n) is 11.1. The van der Waals surface area contributed by atoms with Gasteiger partial charge in [0.2, 0.25) is 0 Å². The van der Waals surface area contributed by atoms with Gasteiger partial charge in [0.1, 0.15) is 5.65 Å². The van der Waals surface area contributed by atoms with E-state index in [-0.39, 0.29) is 0 Å². The van der Waals surface area contributed by atoms with Gasteiger partial charge < -0.3 is 4.57 Å². The van der Waals surface area contributed by atoms with Crippen molar-refractivity contribution >= 4 is 60.3 Å². The molecule has 0 atom stereocenters. The van der Waals surface area contributed by atoms with Gasteiger partial charge in [0.05, 0.1) is 33.1 Å². The zero-order valence-electron chi connectivity index (χ0n) is 22.0. The molecule has 4 heteroatoms. The maximum Gasteiger partial charge on any atom is 0.146 e. The molecule has 1 aliphatic rings. The molecule has 190 valence electrons. The molecule has 0 spiro atoms. The predicted octanol–water partition coefficient (Wildman–Crippen LogP) is 8.86. The molecule has 41 heavy (non-hydrogen) atoms. The average Bonchev–Trinajstić information content (AvgIpc) is 3.69. The minimum Gasteiger partial charge on any atom is -0.309 e. The van der Waals surface area contributed by atoms with Crippen LogP contribution in [0.1, 0.15) is 11.1 Å². The van der Waals surface area contributed by atoms with Gasteiger partial charge in [0.15, 0.2) is 0 Å². The molecule has 0 fully saturated rings. The number of nitrogens with zero attached hydrogens (tertiary/aromatic N) is 4. The molecule has 1 aliphatic carbocycles. The molecular formula is C37H22N4. The lowest BCUT2D eigenvalue weighted by molar-refractivity contribution is 1.18. The van der Waals surface area contributed by atoms with Crippen LogP contribution in [0.4, 0.5) is 0 Å². The molecule has 4 nitrogen and oxygen atoms in total. The van der Waals surface area contributed by atoms with Crippen molar-refractivity contribution in [2.24, 2.45) is 0 Å². The van der Waals surface area contributed by atoms with Crippen LogP contribution in [0.3, 0.4) is 0 Å². The number of hydrogen-bond donors (Lipinski definition) is 0. The molecular weight excluding hydrogens is 500 g/mol. The first kappa shape index (κ1) is 21.4. The maximum absolute atomic E-state index is 5.12. The van der Waals surface area contributed by atoms with Gasteiger partial charge in [0, 0.05) is 33.4 Å². The van der Waals surface area contributed by atoms with Crippen LogP contribution >= 0.6 is 0 Å². The van der Waals surface area contributed by atoms with Gasteiger partial charge in [-0.15, -0.1) is 0 Å². The Balaban J connectivity index is 1.31. The number of benzene rings is 5. The first-order valence-corrected chi connectivity index (χ1v) is 14.1. The van der Waals surface area contributed by atoms with Crippen molar-refractivity contribution in [2.45, 2.75) is 6.42 Å². The second-order valence-corrected chi connectivity index (χ2v) is 11.1. The Hall–Kier alpha value is -5.48. The molecule has 0 unspecified atom stereocenters. The highest BCUT2D eigenvalue weighted by molar-refractivity contribution is 6.15. The van der Waals surface area contributed by atoms with E-state index < -0.39 is 0 Å². The highest BCUT2D eigenvalue weighted by Crippen LogP contribution is 2.45. The maximum atomic E-state index is 5.12. The number of aromatic nitrogens is 4. The zero-order chi connectivity index (χ0) is 26.7. The number of fused-ring (bicyclic) bond motifs is 14. The SMILES string of the molecule is c1ccc(-n2c3ccccc3c3cc4c(cc32)-c2cc3c(cc2C4)c2nc4ccccc4n2c2cccnc32)cc1. The zero-order valence-corrected chi connectivity index (χ0v) is 22.0. The largest absolute Gasteiger partial charge is 0.309 e. The second kappa shape index (κ2) is 7.58. The van der Waals surface area contributed by atoms with Gasteiger partial charge in [-0.1, -0.05) is 48.5 Å². The van der Waals surface area contributed by atoms with Crippen molar-refractivity contribution in [3.05, 3.63) is 133 Å². The Labute approximate surface area is 234 Å². The van der Waals surface area contributed by atoms with Crippen LogP contribution in [0.25, 0.3) is 77.1 Å². The van der Waals surface area contributed by atoms with Crippen molar-refractivity contribution in [3.8, 4) is 16.8 Å². The van der Waals surface area contributed by atoms with Crippen LogP contribution in [0.15, 0.2) is 121 Å². The third kappa shape index (κ3) is 2.74. The summed E-state index contributed by atoms with van der Waals surface area (Å²) >= 11 is 0. The number of hydrogen-bond acceptors (Lipinski definition) is 2. The van der Waals surface area contributed by atoms with E-state index in [4.69, 9.17) is 9.97 Å². The first-order chi connectivity index (χ1) is 20.3. The lowest BCUT2D eigenvalue weighted by Gasteiger charge is -2.11. The summed E-state index contributed by atoms with van der Waals surface area (Å²) in [7, 11) is 0. The highest BCUT2D eigenvalue weighted by Gasteiger charge is 2.25. The van der Waals surface area contributed by atoms with Gasteiger partial charge in [0.25, 0.3) is 0 Å². The molecule has 9 aromatic rings. The van der Waals surface area contributed by atoms with Crippen molar-refractivity contribution in [1.82, 2.24) is 18.9 Å². The van der Waals surface area contributed by atoms with Crippen LogP contribution in [-0.2, 0) is 6.42 Å². The molecule has 5 aromatic carbocycles. The molecule has 0 radical (unpaired) electrons. The quantitative estimate of drug-likeness (QED) is 0.202. The molecule has 10 rings (SSSR count). The van der Waals surface area contributed by atoms with Crippen molar-refractivity contribution in [1.29, 1.82) is 0 Å². The summed E-state index contributed by atoms with van der Waals surface area (Å²) in [6, 6.07) is 41.6. The summed E-state index contributed by atoms with van der Waals surface area (Å²) in [6.07, 6.45) is 2.81. The minimum atomic E-state index is 0.911. The molecule has 0 aliphatic heterocycles. The lowest BCUT2D eigenvalue weighted by atomic mass is 9.99. The van der Waals surface area contributed by atoms with E-state index in [1.807, 2.05) is 12.3 Å². The third-order valence-electron chi connectivity index (χ3n) is 8.91. The molecule has 4 aromatic heterocycles. The Kier molecular flexibility index (Phi) is 3.95. The molecule has 4 heterocycles. The molecule has 0 N–H and O–H groups in total. The van der Waals surface area contributed by atoms with Gasteiger partial charge in [-0.05, 0) is 95.4 Å². The average molecular weight is 523 g/mol. The minimum absolute atomic E-state index is 0.911. The number of rotatable bonds is 1. The monoisotopic (exact) mass is 522 g/mol. The Morgan fingerprint density at radius 2 is 1.27 bits per heavy atom. The van der Waals surface area contributed by atoms with Crippen LogP contribution in [0.2, 0.25) is 0 Å². The Bertz CT molecular complexity index is 2550. The van der Waals surface area contributed by atoms with E-state index >= 15 is 0 Å². The lowest BCUT2D eigenvalue weighted by Crippen LogP contribution is -1.94. The van der Waals surface area contributed by atoms with Crippen LogP contribution in [-0.4, -0.2) is 18.9 Å². The molecule has 0 bridgehead atoms. The van der Waals surface area contributed by atoms with Crippen molar-refractivity contribution in [2.75, 3.05) is 0 Å². The fraction of sp³-hybridized carbons (Fsp3) is 0.0270. The van der Waals surface area contributed by atoms with Crippen LogP contribution in [0, 0.1) is 0 Å². The third-order valence-corrected chi connectivity index (χ3v) is 8.91. The summed E-state index contributed by atoms with van der Waals surface area (Å²) < 4.78 is 4.68. The van der Waals surface area contributed by atoms with Gasteiger partial charge in [-0.25, -0.2) is 4.98 Å². The predicted molar refractivity (Wildman–Crippen MR) is 168 cm³/mol. The van der Waals surface area contributed by atoms with Gasteiger partial charge in [-0.3, -0.25) is 9.38 Å². The van der Waals surface area contributed by atoms with E-state index in [2.05, 4.69) is 118 Å². The molecule has 0 amide bonds. The normalized spacial score (nSPS) is 12.8. The summed E-state index contributed by atoms with van der Waals surface area (Å²) in [4.78, 5) is 10.0. The van der Waals surface area contributed by atoms with E-state index in [0.717, 1.165) is 44.9 Å². The number of imidazole rings is 1. The standard InChI is InChI=1S/C37H22N4/c1-2-9-24(10-3-1)40-32-13-6-4-11-25(32)28-18-22-17-23-19-30-29(20-26(23)27(22)21-35(28)40)36-34(15-8-16-38-36)41-33-14-7-5-12-31(33)39-37(30)41/h1-16,18-21H,17H2. The van der Waals surface area contributed by atoms with Crippen molar-refractivity contribution in [3.63, 3.8) is 0 Å². The highest BCUT2D eigenvalue weighted by atomic mass is 15.0. The van der Waals surface area contributed by atoms with E-state index in [0.29, 0.717) is 0 Å². The summed E-state index contributed by atoms with van der Waals surface area (Å²) in [5, 5.41) is 4.90. The van der Waals surface area contributed by atoms with Gasteiger partial charge in [-0.2, -0.15) is 0 Å². The molecule has 0 saturated carbocycles. The summed E-state index contributed by atoms with van der Waals surface area (Å²) in [6.45, 7) is 0. The fourth-order valence-electron chi connectivity index (χ4n) is 7.18. The first-order valence-electron chi connectivity index (χ1n) is 14.1. The molecule has 0 saturated heterocycles. The number of pyridine rings is 2. The summed E-state index contributed by atoms with van der Waals surface area (Å²) in [5.74, 6) is 0. The van der Waals surface area contributed by atoms with E-state index in [9.17, 15) is 0 Å². The van der Waals surface area contributed by atoms with Crippen LogP contribution in [0.5, 0.6) is 0 Å². The van der Waals surface area contributed by atoms with Crippen molar-refractivity contribution < 1.29 is 0 Å². The Morgan fingerprint density at radius 3 is 2.17 bits per heavy atom.